The van der Waals surface area contributed by atoms with E-state index in [9.17, 15) is 4.79 Å². The van der Waals surface area contributed by atoms with Gasteiger partial charge in [-0.3, -0.25) is 4.79 Å². The molecule has 0 fully saturated rings. The SMILES string of the molecule is COc1ccc(C(=O)NCCC(C)Cl)cc1Br. The van der Waals surface area contributed by atoms with E-state index >= 15 is 0 Å². The van der Waals surface area contributed by atoms with Gasteiger partial charge in [-0.25, -0.2) is 0 Å². The lowest BCUT2D eigenvalue weighted by atomic mass is 10.2. The van der Waals surface area contributed by atoms with Gasteiger partial charge in [0.2, 0.25) is 0 Å². The summed E-state index contributed by atoms with van der Waals surface area (Å²) in [7, 11) is 1.59. The molecule has 1 unspecified atom stereocenters. The standard InChI is InChI=1S/C12H15BrClNO2/c1-8(14)5-6-15-12(16)9-3-4-11(17-2)10(13)7-9/h3-4,7-8H,5-6H2,1-2H3,(H,15,16). The van der Waals surface area contributed by atoms with E-state index in [0.717, 1.165) is 10.9 Å². The van der Waals surface area contributed by atoms with Gasteiger partial charge in [0.15, 0.2) is 0 Å². The van der Waals surface area contributed by atoms with Gasteiger partial charge in [-0.05, 0) is 47.5 Å². The highest BCUT2D eigenvalue weighted by Gasteiger charge is 2.08. The average molecular weight is 321 g/mol. The van der Waals surface area contributed by atoms with E-state index in [1.54, 1.807) is 25.3 Å². The van der Waals surface area contributed by atoms with Crippen LogP contribution in [0.2, 0.25) is 0 Å². The van der Waals surface area contributed by atoms with Crippen LogP contribution in [0.4, 0.5) is 0 Å². The quantitative estimate of drug-likeness (QED) is 0.846. The number of benzene rings is 1. The second kappa shape index (κ2) is 6.87. The van der Waals surface area contributed by atoms with Gasteiger partial charge in [-0.15, -0.1) is 11.6 Å². The zero-order chi connectivity index (χ0) is 12.8. The van der Waals surface area contributed by atoms with Crippen molar-refractivity contribution in [3.05, 3.63) is 28.2 Å². The number of alkyl halides is 1. The van der Waals surface area contributed by atoms with Crippen LogP contribution in [-0.2, 0) is 0 Å². The van der Waals surface area contributed by atoms with E-state index in [4.69, 9.17) is 16.3 Å². The predicted octanol–water partition coefficient (Wildman–Crippen LogP) is 3.20. The fourth-order valence-corrected chi connectivity index (χ4v) is 1.94. The highest BCUT2D eigenvalue weighted by molar-refractivity contribution is 9.10. The van der Waals surface area contributed by atoms with E-state index in [0.29, 0.717) is 17.9 Å². The highest BCUT2D eigenvalue weighted by atomic mass is 79.9. The minimum atomic E-state index is -0.106. The molecular weight excluding hydrogens is 305 g/mol. The smallest absolute Gasteiger partial charge is 0.251 e. The molecule has 1 N–H and O–H groups in total. The zero-order valence-corrected chi connectivity index (χ0v) is 12.1. The van der Waals surface area contributed by atoms with Gasteiger partial charge in [0, 0.05) is 17.5 Å². The zero-order valence-electron chi connectivity index (χ0n) is 9.80. The molecule has 1 amide bonds. The second-order valence-electron chi connectivity index (χ2n) is 3.67. The second-order valence-corrected chi connectivity index (χ2v) is 5.27. The lowest BCUT2D eigenvalue weighted by Crippen LogP contribution is -2.25. The highest BCUT2D eigenvalue weighted by Crippen LogP contribution is 2.25. The Kier molecular flexibility index (Phi) is 5.78. The third kappa shape index (κ3) is 4.56. The number of ether oxygens (including phenoxy) is 1. The average Bonchev–Trinajstić information content (AvgIpc) is 2.28. The maximum atomic E-state index is 11.8. The number of hydrogen-bond donors (Lipinski definition) is 1. The first-order valence-corrected chi connectivity index (χ1v) is 6.53. The number of carbonyl (C=O) groups is 1. The van der Waals surface area contributed by atoms with Crippen molar-refractivity contribution in [3.8, 4) is 5.75 Å². The van der Waals surface area contributed by atoms with Crippen LogP contribution in [0.25, 0.3) is 0 Å². The van der Waals surface area contributed by atoms with E-state index in [2.05, 4.69) is 21.2 Å². The van der Waals surface area contributed by atoms with Crippen molar-refractivity contribution < 1.29 is 9.53 Å². The first-order valence-electron chi connectivity index (χ1n) is 5.30. The van der Waals surface area contributed by atoms with E-state index in [1.165, 1.54) is 0 Å². The first kappa shape index (κ1) is 14.3. The van der Waals surface area contributed by atoms with Crippen LogP contribution in [0.5, 0.6) is 5.75 Å². The summed E-state index contributed by atoms with van der Waals surface area (Å²) in [6.45, 7) is 2.48. The van der Waals surface area contributed by atoms with Crippen molar-refractivity contribution in [3.63, 3.8) is 0 Å². The number of nitrogens with one attached hydrogen (secondary N) is 1. The van der Waals surface area contributed by atoms with Crippen LogP contribution < -0.4 is 10.1 Å². The molecule has 0 aliphatic rings. The predicted molar refractivity (Wildman–Crippen MR) is 73.0 cm³/mol. The van der Waals surface area contributed by atoms with Gasteiger partial charge in [0.25, 0.3) is 5.91 Å². The number of rotatable bonds is 5. The molecule has 0 saturated carbocycles. The Labute approximate surface area is 115 Å². The fraction of sp³-hybridized carbons (Fsp3) is 0.417. The summed E-state index contributed by atoms with van der Waals surface area (Å²) in [6, 6.07) is 5.21. The van der Waals surface area contributed by atoms with Crippen LogP contribution in [0.15, 0.2) is 22.7 Å². The van der Waals surface area contributed by atoms with Crippen LogP contribution in [-0.4, -0.2) is 24.9 Å². The first-order chi connectivity index (χ1) is 8.04. The summed E-state index contributed by atoms with van der Waals surface area (Å²) in [5.41, 5.74) is 0.597. The van der Waals surface area contributed by atoms with E-state index < -0.39 is 0 Å². The summed E-state index contributed by atoms with van der Waals surface area (Å²) in [4.78, 5) is 11.8. The van der Waals surface area contributed by atoms with Crippen LogP contribution >= 0.6 is 27.5 Å². The lowest BCUT2D eigenvalue weighted by molar-refractivity contribution is 0.0953. The van der Waals surface area contributed by atoms with Crippen molar-refractivity contribution in [2.45, 2.75) is 18.7 Å². The Hall–Kier alpha value is -0.740. The molecule has 1 rings (SSSR count). The van der Waals surface area contributed by atoms with Gasteiger partial charge in [-0.1, -0.05) is 0 Å². The Morgan fingerprint density at radius 2 is 2.29 bits per heavy atom. The van der Waals surface area contributed by atoms with Crippen molar-refractivity contribution in [2.24, 2.45) is 0 Å². The summed E-state index contributed by atoms with van der Waals surface area (Å²) < 4.78 is 5.86. The van der Waals surface area contributed by atoms with E-state index in [1.807, 2.05) is 6.92 Å². The third-order valence-corrected chi connectivity index (χ3v) is 3.08. The number of hydrogen-bond acceptors (Lipinski definition) is 2. The summed E-state index contributed by atoms with van der Waals surface area (Å²) in [5.74, 6) is 0.599. The minimum Gasteiger partial charge on any atom is -0.496 e. The number of amides is 1. The topological polar surface area (TPSA) is 38.3 Å². The van der Waals surface area contributed by atoms with Gasteiger partial charge in [0.05, 0.1) is 11.6 Å². The molecule has 1 atom stereocenters. The molecule has 0 radical (unpaired) electrons. The molecule has 0 heterocycles. The molecule has 0 bridgehead atoms. The van der Waals surface area contributed by atoms with Gasteiger partial charge >= 0.3 is 0 Å². The molecule has 0 aromatic heterocycles. The number of methoxy groups -OCH3 is 1. The molecule has 0 saturated heterocycles. The molecule has 0 spiro atoms. The van der Waals surface area contributed by atoms with Crippen LogP contribution in [0.3, 0.4) is 0 Å². The Bertz CT molecular complexity index is 396. The maximum absolute atomic E-state index is 11.8. The fourth-order valence-electron chi connectivity index (χ4n) is 1.29. The summed E-state index contributed by atoms with van der Waals surface area (Å²) in [5, 5.41) is 2.88. The number of halogens is 2. The molecule has 3 nitrogen and oxygen atoms in total. The van der Waals surface area contributed by atoms with Crippen molar-refractivity contribution in [1.29, 1.82) is 0 Å². The molecular formula is C12H15BrClNO2. The molecule has 17 heavy (non-hydrogen) atoms. The molecule has 94 valence electrons. The van der Waals surface area contributed by atoms with Gasteiger partial charge < -0.3 is 10.1 Å². The molecule has 1 aromatic rings. The largest absolute Gasteiger partial charge is 0.496 e. The Balaban J connectivity index is 2.60. The molecule has 0 aliphatic heterocycles. The summed E-state index contributed by atoms with van der Waals surface area (Å²) >= 11 is 9.14. The Morgan fingerprint density at radius 1 is 1.59 bits per heavy atom. The lowest BCUT2D eigenvalue weighted by Gasteiger charge is -2.08. The summed E-state index contributed by atoms with van der Waals surface area (Å²) in [6.07, 6.45) is 0.755. The van der Waals surface area contributed by atoms with Gasteiger partial charge in [-0.2, -0.15) is 0 Å². The number of carbonyl (C=O) groups excluding carboxylic acids is 1. The van der Waals surface area contributed by atoms with Crippen molar-refractivity contribution >= 4 is 33.4 Å². The normalized spacial score (nSPS) is 12.0. The Morgan fingerprint density at radius 3 is 2.82 bits per heavy atom. The van der Waals surface area contributed by atoms with E-state index in [-0.39, 0.29) is 11.3 Å². The molecule has 1 aromatic carbocycles. The third-order valence-electron chi connectivity index (χ3n) is 2.24. The van der Waals surface area contributed by atoms with Gasteiger partial charge in [0.1, 0.15) is 5.75 Å². The minimum absolute atomic E-state index is 0.0675. The molecule has 5 heteroatoms. The van der Waals surface area contributed by atoms with Crippen molar-refractivity contribution in [1.82, 2.24) is 5.32 Å². The molecule has 0 aliphatic carbocycles. The van der Waals surface area contributed by atoms with Crippen molar-refractivity contribution in [2.75, 3.05) is 13.7 Å². The maximum Gasteiger partial charge on any atom is 0.251 e. The van der Waals surface area contributed by atoms with Crippen LogP contribution in [0, 0.1) is 0 Å². The van der Waals surface area contributed by atoms with Crippen LogP contribution in [0.1, 0.15) is 23.7 Å². The monoisotopic (exact) mass is 319 g/mol.